The largest absolute Gasteiger partial charge is 0.290 e. The highest BCUT2D eigenvalue weighted by Gasteiger charge is 2.64. The first kappa shape index (κ1) is 30.3. The summed E-state index contributed by atoms with van der Waals surface area (Å²) in [5.41, 5.74) is 5.84. The lowest BCUT2D eigenvalue weighted by molar-refractivity contribution is -0.121. The summed E-state index contributed by atoms with van der Waals surface area (Å²) < 4.78 is 0. The van der Waals surface area contributed by atoms with Crippen LogP contribution in [0.15, 0.2) is 164 Å². The van der Waals surface area contributed by atoms with Crippen molar-refractivity contribution in [2.24, 2.45) is 11.8 Å². The molecule has 0 saturated carbocycles. The summed E-state index contributed by atoms with van der Waals surface area (Å²) in [6.07, 6.45) is 4.37. The van der Waals surface area contributed by atoms with Crippen LogP contribution in [-0.4, -0.2) is 46.3 Å². The maximum absolute atomic E-state index is 15.5. The molecular formula is C48H22O8. The SMILES string of the molecule is O=C1C=CC(=O)C2=C1C1C3=C(C(=O)C=CC3=O)C2C2=C1C(=O)C1=C(C2=O)[C@H]2C3=C(C(=O)C4=C(C3=O)C3c5ccccc5C4c4ccccc43)C1c1ccccc12. The monoisotopic (exact) mass is 726 g/mol. The van der Waals surface area contributed by atoms with Crippen molar-refractivity contribution in [2.45, 2.75) is 23.7 Å². The highest BCUT2D eigenvalue weighted by atomic mass is 16.2. The van der Waals surface area contributed by atoms with Crippen molar-refractivity contribution >= 4 is 46.3 Å². The summed E-state index contributed by atoms with van der Waals surface area (Å²) in [5, 5.41) is 0. The Balaban J connectivity index is 1.04. The number of hydrogen-bond donors (Lipinski definition) is 0. The Bertz CT molecular complexity index is 2780. The number of hydrogen-bond acceptors (Lipinski definition) is 8. The molecule has 56 heavy (non-hydrogen) atoms. The van der Waals surface area contributed by atoms with Crippen LogP contribution in [0.5, 0.6) is 0 Å². The van der Waals surface area contributed by atoms with Gasteiger partial charge in [-0.1, -0.05) is 72.8 Å². The van der Waals surface area contributed by atoms with E-state index in [1.54, 1.807) is 12.1 Å². The van der Waals surface area contributed by atoms with Gasteiger partial charge < -0.3 is 0 Å². The van der Waals surface area contributed by atoms with Gasteiger partial charge in [-0.3, -0.25) is 38.4 Å². The van der Waals surface area contributed by atoms with E-state index >= 15 is 19.2 Å². The molecule has 3 aromatic carbocycles. The van der Waals surface area contributed by atoms with Gasteiger partial charge in [0.15, 0.2) is 46.3 Å². The summed E-state index contributed by atoms with van der Waals surface area (Å²) in [7, 11) is 0. The zero-order valence-electron chi connectivity index (χ0n) is 29.0. The van der Waals surface area contributed by atoms with Crippen LogP contribution in [0.3, 0.4) is 0 Å². The molecule has 13 aliphatic carbocycles. The molecule has 16 rings (SSSR count). The van der Waals surface area contributed by atoms with Gasteiger partial charge in [-0.15, -0.1) is 0 Å². The highest BCUT2D eigenvalue weighted by molar-refractivity contribution is 6.39. The Labute approximate surface area is 316 Å². The van der Waals surface area contributed by atoms with E-state index in [9.17, 15) is 19.2 Å². The van der Waals surface area contributed by atoms with Crippen molar-refractivity contribution in [1.29, 1.82) is 0 Å². The van der Waals surface area contributed by atoms with Gasteiger partial charge in [0.1, 0.15) is 0 Å². The normalized spacial score (nSPS) is 29.5. The van der Waals surface area contributed by atoms with Gasteiger partial charge in [0.2, 0.25) is 0 Å². The standard InChI is InChI=1S/C48H22O8/c49-23-13-15-25(51)33-31(23)35-32-24(50)14-16-26(52)34(32)36(33)44-43(35)47(55)41-29-21-11-5-6-12-22(21)30(42(41)48(44)56)40-39(29)45(53)37-27-17-7-1-2-8-18(17)28(38(37)46(40)54)20-10-4-3-9-19(20)27/h1-16,27-30,35-36H/t27?,28?,29-,30?,35?,36?/m1/s1. The third kappa shape index (κ3) is 3.06. The van der Waals surface area contributed by atoms with Crippen molar-refractivity contribution in [2.75, 3.05) is 0 Å². The van der Waals surface area contributed by atoms with Crippen LogP contribution < -0.4 is 0 Å². The summed E-state index contributed by atoms with van der Waals surface area (Å²) in [6, 6.07) is 22.9. The number of benzene rings is 3. The number of carbonyl (C=O) groups is 8. The summed E-state index contributed by atoms with van der Waals surface area (Å²) in [5.74, 6) is -10.3. The van der Waals surface area contributed by atoms with E-state index in [1.807, 2.05) is 60.7 Å². The number of Topliss-reactive ketones (excluding diaryl/α,β-unsaturated/α-hetero) is 4. The molecule has 0 aromatic heterocycles. The maximum atomic E-state index is 15.5. The maximum Gasteiger partial charge on any atom is 0.187 e. The zero-order valence-corrected chi connectivity index (χ0v) is 29.0. The van der Waals surface area contributed by atoms with Gasteiger partial charge in [0.25, 0.3) is 0 Å². The molecule has 6 bridgehead atoms. The first-order valence-electron chi connectivity index (χ1n) is 18.6. The third-order valence-corrected chi connectivity index (χ3v) is 13.9. The molecule has 0 radical (unpaired) electrons. The Morgan fingerprint density at radius 1 is 0.232 bits per heavy atom. The van der Waals surface area contributed by atoms with E-state index in [4.69, 9.17) is 0 Å². The molecule has 0 fully saturated rings. The van der Waals surface area contributed by atoms with Crippen molar-refractivity contribution in [3.05, 3.63) is 197 Å². The molecule has 0 aliphatic heterocycles. The molecule has 0 N–H and O–H groups in total. The lowest BCUT2D eigenvalue weighted by Crippen LogP contribution is -2.51. The van der Waals surface area contributed by atoms with Crippen molar-refractivity contribution in [3.8, 4) is 0 Å². The fourth-order valence-electron chi connectivity index (χ4n) is 12.1. The summed E-state index contributed by atoms with van der Waals surface area (Å²) in [6.45, 7) is 0. The van der Waals surface area contributed by atoms with Crippen LogP contribution in [0.1, 0.15) is 57.1 Å². The molecule has 0 spiro atoms. The van der Waals surface area contributed by atoms with Crippen molar-refractivity contribution < 1.29 is 38.4 Å². The van der Waals surface area contributed by atoms with Crippen LogP contribution >= 0.6 is 0 Å². The molecule has 0 saturated heterocycles. The molecule has 2 atom stereocenters. The van der Waals surface area contributed by atoms with E-state index in [0.29, 0.717) is 22.3 Å². The van der Waals surface area contributed by atoms with E-state index in [2.05, 4.69) is 0 Å². The fraction of sp³-hybridized carbons (Fsp3) is 0.125. The van der Waals surface area contributed by atoms with Gasteiger partial charge in [0.05, 0.1) is 0 Å². The smallest absolute Gasteiger partial charge is 0.187 e. The van der Waals surface area contributed by atoms with E-state index < -0.39 is 70.2 Å². The minimum Gasteiger partial charge on any atom is -0.290 e. The lowest BCUT2D eigenvalue weighted by atomic mass is 9.47. The predicted molar refractivity (Wildman–Crippen MR) is 196 cm³/mol. The average Bonchev–Trinajstić information content (AvgIpc) is 3.23. The second kappa shape index (κ2) is 9.59. The molecule has 3 aromatic rings. The molecule has 0 heterocycles. The van der Waals surface area contributed by atoms with E-state index in [0.717, 1.165) is 46.6 Å². The van der Waals surface area contributed by atoms with Crippen LogP contribution in [-0.2, 0) is 38.4 Å². The quantitative estimate of drug-likeness (QED) is 0.298. The van der Waals surface area contributed by atoms with Crippen LogP contribution in [0.4, 0.5) is 0 Å². The van der Waals surface area contributed by atoms with Gasteiger partial charge in [-0.2, -0.15) is 0 Å². The molecule has 8 heteroatoms. The Kier molecular flexibility index (Phi) is 5.19. The Morgan fingerprint density at radius 3 is 0.679 bits per heavy atom. The van der Waals surface area contributed by atoms with Gasteiger partial charge in [-0.05, 0) is 57.7 Å². The predicted octanol–water partition coefficient (Wildman–Crippen LogP) is 4.93. The van der Waals surface area contributed by atoms with E-state index in [-0.39, 0.29) is 67.3 Å². The first-order chi connectivity index (χ1) is 27.2. The Hall–Kier alpha value is -7.06. The second-order valence-electron chi connectivity index (χ2n) is 15.9. The fourth-order valence-corrected chi connectivity index (χ4v) is 12.1. The summed E-state index contributed by atoms with van der Waals surface area (Å²) >= 11 is 0. The first-order valence-corrected chi connectivity index (χ1v) is 18.6. The molecule has 13 aliphatic rings. The minimum atomic E-state index is -1.42. The average molecular weight is 727 g/mol. The summed E-state index contributed by atoms with van der Waals surface area (Å²) in [4.78, 5) is 116. The second-order valence-corrected chi connectivity index (χ2v) is 15.9. The molecule has 1 unspecified atom stereocenters. The topological polar surface area (TPSA) is 137 Å². The Morgan fingerprint density at radius 2 is 0.429 bits per heavy atom. The van der Waals surface area contributed by atoms with Crippen LogP contribution in [0.25, 0.3) is 0 Å². The van der Waals surface area contributed by atoms with Gasteiger partial charge in [0, 0.05) is 102 Å². The van der Waals surface area contributed by atoms with Gasteiger partial charge >= 0.3 is 0 Å². The molecule has 0 amide bonds. The van der Waals surface area contributed by atoms with E-state index in [1.165, 1.54) is 0 Å². The van der Waals surface area contributed by atoms with Crippen molar-refractivity contribution in [1.82, 2.24) is 0 Å². The number of allylic oxidation sites excluding steroid dienone is 16. The number of rotatable bonds is 0. The number of carbonyl (C=O) groups excluding carboxylic acids is 8. The lowest BCUT2D eigenvalue weighted by Gasteiger charge is -2.52. The van der Waals surface area contributed by atoms with Crippen LogP contribution in [0.2, 0.25) is 0 Å². The molecular weight excluding hydrogens is 705 g/mol. The highest BCUT2D eigenvalue weighted by Crippen LogP contribution is 2.67. The molecule has 262 valence electrons. The number of ketones is 8. The van der Waals surface area contributed by atoms with Crippen molar-refractivity contribution in [3.63, 3.8) is 0 Å². The molecule has 8 nitrogen and oxygen atoms in total. The third-order valence-electron chi connectivity index (χ3n) is 13.9. The van der Waals surface area contributed by atoms with Crippen LogP contribution in [0, 0.1) is 11.8 Å². The zero-order chi connectivity index (χ0) is 37.8. The van der Waals surface area contributed by atoms with Gasteiger partial charge in [-0.25, -0.2) is 0 Å². The minimum absolute atomic E-state index is 0.0512.